The molecule has 0 radical (unpaired) electrons. The minimum absolute atomic E-state index is 0.885. The molecule has 12 heavy (non-hydrogen) atoms. The lowest BCUT2D eigenvalue weighted by atomic mass is 10.3. The maximum absolute atomic E-state index is 5.30. The van der Waals surface area contributed by atoms with Crippen LogP contribution >= 0.6 is 0 Å². The van der Waals surface area contributed by atoms with Crippen LogP contribution in [-0.2, 0) is 4.74 Å². The van der Waals surface area contributed by atoms with Gasteiger partial charge in [0.2, 0.25) is 0 Å². The molecule has 2 aliphatic heterocycles. The van der Waals surface area contributed by atoms with Crippen molar-refractivity contribution in [2.45, 2.75) is 6.42 Å². The van der Waals surface area contributed by atoms with Gasteiger partial charge in [-0.1, -0.05) is 0 Å². The van der Waals surface area contributed by atoms with Crippen LogP contribution in [0.25, 0.3) is 0 Å². The summed E-state index contributed by atoms with van der Waals surface area (Å²) >= 11 is 0. The molecule has 0 aromatic rings. The van der Waals surface area contributed by atoms with Gasteiger partial charge in [-0.05, 0) is 13.0 Å². The lowest BCUT2D eigenvalue weighted by Gasteiger charge is -2.39. The quantitative estimate of drug-likeness (QED) is 0.575. The van der Waals surface area contributed by atoms with Crippen molar-refractivity contribution in [3.8, 4) is 0 Å². The van der Waals surface area contributed by atoms with Gasteiger partial charge < -0.3 is 10.1 Å². The molecule has 0 bridgehead atoms. The molecule has 0 atom stereocenters. The lowest BCUT2D eigenvalue weighted by molar-refractivity contribution is -0.101. The van der Waals surface area contributed by atoms with Crippen LogP contribution in [0, 0.1) is 0 Å². The molecule has 0 amide bonds. The number of ether oxygens (including phenoxy) is 1. The summed E-state index contributed by atoms with van der Waals surface area (Å²) in [6, 6.07) is 0. The minimum Gasteiger partial charge on any atom is -0.379 e. The SMILES string of the molecule is C1CNCN(N2CCOCC2)C1. The first-order chi connectivity index (χ1) is 5.97. The van der Waals surface area contributed by atoms with E-state index in [1.165, 1.54) is 19.5 Å². The van der Waals surface area contributed by atoms with Crippen molar-refractivity contribution in [3.63, 3.8) is 0 Å². The van der Waals surface area contributed by atoms with Crippen molar-refractivity contribution in [1.82, 2.24) is 15.3 Å². The lowest BCUT2D eigenvalue weighted by Crippen LogP contribution is -2.54. The van der Waals surface area contributed by atoms with E-state index in [4.69, 9.17) is 4.74 Å². The molecule has 70 valence electrons. The standard InChI is InChI=1S/C8H17N3O/c1-2-9-8-11(3-1)10-4-6-12-7-5-10/h9H,1-8H2. The first kappa shape index (κ1) is 8.44. The molecule has 2 saturated heterocycles. The number of hydrogen-bond donors (Lipinski definition) is 1. The molecule has 2 aliphatic rings. The molecular weight excluding hydrogens is 154 g/mol. The third-order valence-corrected chi connectivity index (χ3v) is 2.45. The Kier molecular flexibility index (Phi) is 2.94. The summed E-state index contributed by atoms with van der Waals surface area (Å²) in [5.74, 6) is 0. The Labute approximate surface area is 73.4 Å². The van der Waals surface area contributed by atoms with E-state index in [-0.39, 0.29) is 0 Å². The van der Waals surface area contributed by atoms with E-state index in [2.05, 4.69) is 15.3 Å². The average molecular weight is 171 g/mol. The third-order valence-electron chi connectivity index (χ3n) is 2.45. The van der Waals surface area contributed by atoms with E-state index in [1.54, 1.807) is 0 Å². The van der Waals surface area contributed by atoms with Crippen molar-refractivity contribution in [2.24, 2.45) is 0 Å². The van der Waals surface area contributed by atoms with Gasteiger partial charge in [-0.2, -0.15) is 0 Å². The fraction of sp³-hybridized carbons (Fsp3) is 1.00. The van der Waals surface area contributed by atoms with E-state index >= 15 is 0 Å². The van der Waals surface area contributed by atoms with E-state index in [9.17, 15) is 0 Å². The van der Waals surface area contributed by atoms with Gasteiger partial charge >= 0.3 is 0 Å². The molecule has 0 unspecified atom stereocenters. The van der Waals surface area contributed by atoms with Crippen molar-refractivity contribution < 1.29 is 4.74 Å². The van der Waals surface area contributed by atoms with Crippen LogP contribution < -0.4 is 5.32 Å². The van der Waals surface area contributed by atoms with Crippen LogP contribution in [0.15, 0.2) is 0 Å². The average Bonchev–Trinajstić information content (AvgIpc) is 2.21. The second kappa shape index (κ2) is 4.18. The topological polar surface area (TPSA) is 27.7 Å². The fourth-order valence-corrected chi connectivity index (χ4v) is 1.75. The van der Waals surface area contributed by atoms with E-state index in [0.717, 1.165) is 33.0 Å². The molecule has 0 spiro atoms. The summed E-state index contributed by atoms with van der Waals surface area (Å²) < 4.78 is 5.30. The highest BCUT2D eigenvalue weighted by Gasteiger charge is 2.19. The van der Waals surface area contributed by atoms with Crippen LogP contribution in [0.4, 0.5) is 0 Å². The molecular formula is C8H17N3O. The maximum Gasteiger partial charge on any atom is 0.0623 e. The van der Waals surface area contributed by atoms with Crippen molar-refractivity contribution >= 4 is 0 Å². The molecule has 0 aromatic carbocycles. The Morgan fingerprint density at radius 3 is 2.50 bits per heavy atom. The number of hydrogen-bond acceptors (Lipinski definition) is 4. The largest absolute Gasteiger partial charge is 0.379 e. The van der Waals surface area contributed by atoms with Crippen LogP contribution in [0.2, 0.25) is 0 Å². The first-order valence-corrected chi connectivity index (χ1v) is 4.75. The monoisotopic (exact) mass is 171 g/mol. The molecule has 0 aliphatic carbocycles. The number of morpholine rings is 1. The molecule has 4 heteroatoms. The Morgan fingerprint density at radius 2 is 1.83 bits per heavy atom. The summed E-state index contributed by atoms with van der Waals surface area (Å²) in [7, 11) is 0. The van der Waals surface area contributed by atoms with Crippen molar-refractivity contribution in [2.75, 3.05) is 46.1 Å². The third kappa shape index (κ3) is 1.95. The highest BCUT2D eigenvalue weighted by atomic mass is 16.5. The minimum atomic E-state index is 0.885. The zero-order chi connectivity index (χ0) is 8.23. The molecule has 2 fully saturated rings. The Hall–Kier alpha value is -0.160. The van der Waals surface area contributed by atoms with Gasteiger partial charge in [0.05, 0.1) is 19.9 Å². The van der Waals surface area contributed by atoms with Crippen molar-refractivity contribution in [1.29, 1.82) is 0 Å². The van der Waals surface area contributed by atoms with Crippen LogP contribution in [-0.4, -0.2) is 56.1 Å². The van der Waals surface area contributed by atoms with Gasteiger partial charge in [0.1, 0.15) is 0 Å². The van der Waals surface area contributed by atoms with Gasteiger partial charge in [-0.15, -0.1) is 0 Å². The Bertz CT molecular complexity index is 114. The number of nitrogens with zero attached hydrogens (tertiary/aromatic N) is 2. The van der Waals surface area contributed by atoms with Crippen LogP contribution in [0.5, 0.6) is 0 Å². The highest BCUT2D eigenvalue weighted by molar-refractivity contribution is 4.65. The summed E-state index contributed by atoms with van der Waals surface area (Å²) in [5.41, 5.74) is 0. The van der Waals surface area contributed by atoms with Gasteiger partial charge in [0, 0.05) is 19.6 Å². The summed E-state index contributed by atoms with van der Waals surface area (Å²) in [6.45, 7) is 7.27. The molecule has 2 rings (SSSR count). The van der Waals surface area contributed by atoms with E-state index in [1.807, 2.05) is 0 Å². The highest BCUT2D eigenvalue weighted by Crippen LogP contribution is 2.04. The number of nitrogens with one attached hydrogen (secondary N) is 1. The van der Waals surface area contributed by atoms with Gasteiger partial charge in [0.25, 0.3) is 0 Å². The van der Waals surface area contributed by atoms with Gasteiger partial charge in [-0.3, -0.25) is 0 Å². The van der Waals surface area contributed by atoms with Gasteiger partial charge in [0.15, 0.2) is 0 Å². The smallest absolute Gasteiger partial charge is 0.0623 e. The predicted molar refractivity (Wildman–Crippen MR) is 46.6 cm³/mol. The molecule has 1 N–H and O–H groups in total. The Morgan fingerprint density at radius 1 is 1.00 bits per heavy atom. The second-order valence-corrected chi connectivity index (χ2v) is 3.31. The fourth-order valence-electron chi connectivity index (χ4n) is 1.75. The predicted octanol–water partition coefficient (Wildman–Crippen LogP) is -0.514. The van der Waals surface area contributed by atoms with Crippen LogP contribution in [0.1, 0.15) is 6.42 Å². The molecule has 4 nitrogen and oxygen atoms in total. The Balaban J connectivity index is 1.80. The van der Waals surface area contributed by atoms with E-state index in [0.29, 0.717) is 0 Å². The summed E-state index contributed by atoms with van der Waals surface area (Å²) in [5, 5.41) is 8.17. The van der Waals surface area contributed by atoms with Crippen molar-refractivity contribution in [3.05, 3.63) is 0 Å². The summed E-state index contributed by atoms with van der Waals surface area (Å²) in [6.07, 6.45) is 1.26. The molecule has 2 heterocycles. The molecule has 0 aromatic heterocycles. The molecule has 0 saturated carbocycles. The maximum atomic E-state index is 5.30. The zero-order valence-electron chi connectivity index (χ0n) is 7.46. The zero-order valence-corrected chi connectivity index (χ0v) is 7.46. The number of rotatable bonds is 1. The second-order valence-electron chi connectivity index (χ2n) is 3.31. The van der Waals surface area contributed by atoms with E-state index < -0.39 is 0 Å². The number of hydrazine groups is 1. The first-order valence-electron chi connectivity index (χ1n) is 4.75. The normalized spacial score (nSPS) is 29.0. The van der Waals surface area contributed by atoms with Crippen LogP contribution in [0.3, 0.4) is 0 Å². The van der Waals surface area contributed by atoms with Gasteiger partial charge in [-0.25, -0.2) is 10.0 Å². The summed E-state index contributed by atoms with van der Waals surface area (Å²) in [4.78, 5) is 0.